The first kappa shape index (κ1) is 17.9. The predicted octanol–water partition coefficient (Wildman–Crippen LogP) is 7.68. The molecule has 0 atom stereocenters. The number of hydrogen-bond donors (Lipinski definition) is 0. The number of hydrogen-bond acceptors (Lipinski definition) is 0. The van der Waals surface area contributed by atoms with E-state index >= 15 is 0 Å². The maximum absolute atomic E-state index is 3.72. The summed E-state index contributed by atoms with van der Waals surface area (Å²) in [6, 6.07) is 33.8. The Labute approximate surface area is 182 Å². The third-order valence-electron chi connectivity index (χ3n) is 5.70. The van der Waals surface area contributed by atoms with Crippen LogP contribution in [0.4, 0.5) is 0 Å². The summed E-state index contributed by atoms with van der Waals surface area (Å²) >= 11 is 7.43. The molecule has 28 heavy (non-hydrogen) atoms. The second-order valence-electron chi connectivity index (χ2n) is 7.28. The molecule has 0 N–H and O–H groups in total. The van der Waals surface area contributed by atoms with Crippen molar-refractivity contribution in [1.82, 2.24) is 0 Å². The van der Waals surface area contributed by atoms with Gasteiger partial charge in [-0.3, -0.25) is 0 Å². The minimum atomic E-state index is -0.360. The molecule has 0 bridgehead atoms. The average Bonchev–Trinajstić information content (AvgIpc) is 2.99. The number of fused-ring (bicyclic) bond motifs is 3. The Hall–Kier alpha value is -2.16. The Kier molecular flexibility index (Phi) is 4.30. The minimum absolute atomic E-state index is 0.360. The molecule has 2 heteroatoms. The van der Waals surface area contributed by atoms with Crippen molar-refractivity contribution in [3.05, 3.63) is 128 Å². The molecule has 4 aromatic rings. The molecule has 0 fully saturated rings. The van der Waals surface area contributed by atoms with Crippen molar-refractivity contribution in [2.45, 2.75) is 12.3 Å². The third kappa shape index (κ3) is 2.55. The zero-order valence-corrected chi connectivity index (χ0v) is 18.5. The van der Waals surface area contributed by atoms with Gasteiger partial charge in [-0.2, -0.15) is 0 Å². The zero-order chi connectivity index (χ0) is 19.3. The van der Waals surface area contributed by atoms with E-state index in [-0.39, 0.29) is 5.41 Å². The first-order chi connectivity index (χ1) is 13.6. The molecular formula is C26H17Br2. The van der Waals surface area contributed by atoms with Gasteiger partial charge in [-0.1, -0.05) is 98.1 Å². The topological polar surface area (TPSA) is 0 Å². The SMILES string of the molecule is Cc1ccc(C2(c3cc[c]cc3)c3cc(Br)ccc3-c3ccc(Br)cc32)cc1. The molecule has 1 radical (unpaired) electrons. The van der Waals surface area contributed by atoms with E-state index in [4.69, 9.17) is 0 Å². The molecule has 0 aromatic heterocycles. The molecule has 1 aliphatic rings. The van der Waals surface area contributed by atoms with E-state index < -0.39 is 0 Å². The summed E-state index contributed by atoms with van der Waals surface area (Å²) in [7, 11) is 0. The van der Waals surface area contributed by atoms with Crippen LogP contribution in [0.5, 0.6) is 0 Å². The number of rotatable bonds is 2. The van der Waals surface area contributed by atoms with Crippen LogP contribution in [0.15, 0.2) is 93.9 Å². The predicted molar refractivity (Wildman–Crippen MR) is 123 cm³/mol. The molecule has 0 amide bonds. The highest BCUT2D eigenvalue weighted by molar-refractivity contribution is 9.10. The van der Waals surface area contributed by atoms with Gasteiger partial charge in [-0.05, 0) is 70.6 Å². The monoisotopic (exact) mass is 487 g/mol. The quantitative estimate of drug-likeness (QED) is 0.239. The molecule has 0 spiro atoms. The smallest absolute Gasteiger partial charge is 0.0590 e. The van der Waals surface area contributed by atoms with Crippen molar-refractivity contribution in [3.8, 4) is 11.1 Å². The van der Waals surface area contributed by atoms with Gasteiger partial charge < -0.3 is 0 Å². The van der Waals surface area contributed by atoms with Gasteiger partial charge in [0.25, 0.3) is 0 Å². The fraction of sp³-hybridized carbons (Fsp3) is 0.0769. The van der Waals surface area contributed by atoms with Gasteiger partial charge in [0, 0.05) is 8.95 Å². The molecule has 4 aromatic carbocycles. The normalized spacial score (nSPS) is 13.8. The highest BCUT2D eigenvalue weighted by Gasteiger charge is 2.46. The highest BCUT2D eigenvalue weighted by Crippen LogP contribution is 2.56. The second kappa shape index (κ2) is 6.72. The van der Waals surface area contributed by atoms with Crippen LogP contribution in [0.25, 0.3) is 11.1 Å². The van der Waals surface area contributed by atoms with Crippen LogP contribution in [0.2, 0.25) is 0 Å². The molecule has 0 nitrogen and oxygen atoms in total. The summed E-state index contributed by atoms with van der Waals surface area (Å²) in [6.45, 7) is 2.14. The third-order valence-corrected chi connectivity index (χ3v) is 6.68. The van der Waals surface area contributed by atoms with E-state index in [1.165, 1.54) is 38.9 Å². The molecule has 0 saturated heterocycles. The molecule has 5 rings (SSSR count). The minimum Gasteiger partial charge on any atom is -0.0590 e. The lowest BCUT2D eigenvalue weighted by Crippen LogP contribution is -2.28. The summed E-state index contributed by atoms with van der Waals surface area (Å²) in [5, 5.41) is 0. The number of benzene rings is 4. The van der Waals surface area contributed by atoms with E-state index in [2.05, 4.69) is 118 Å². The Morgan fingerprint density at radius 1 is 0.643 bits per heavy atom. The van der Waals surface area contributed by atoms with Gasteiger partial charge in [0.2, 0.25) is 0 Å². The van der Waals surface area contributed by atoms with Gasteiger partial charge in [0.1, 0.15) is 0 Å². The van der Waals surface area contributed by atoms with Crippen molar-refractivity contribution in [2.24, 2.45) is 0 Å². The van der Waals surface area contributed by atoms with E-state index in [1.54, 1.807) is 0 Å². The van der Waals surface area contributed by atoms with Gasteiger partial charge in [-0.15, -0.1) is 0 Å². The number of aryl methyl sites for hydroxylation is 1. The molecular weight excluding hydrogens is 472 g/mol. The van der Waals surface area contributed by atoms with Crippen LogP contribution in [0.3, 0.4) is 0 Å². The Morgan fingerprint density at radius 3 is 1.68 bits per heavy atom. The Bertz CT molecular complexity index is 1120. The van der Waals surface area contributed by atoms with E-state index in [0.29, 0.717) is 0 Å². The van der Waals surface area contributed by atoms with E-state index in [1.807, 2.05) is 12.1 Å². The lowest BCUT2D eigenvalue weighted by molar-refractivity contribution is 0.767. The van der Waals surface area contributed by atoms with Crippen molar-refractivity contribution in [3.63, 3.8) is 0 Å². The summed E-state index contributed by atoms with van der Waals surface area (Å²) in [4.78, 5) is 0. The largest absolute Gasteiger partial charge is 0.0714 e. The molecule has 135 valence electrons. The summed E-state index contributed by atoms with van der Waals surface area (Å²) in [5.74, 6) is 0. The fourth-order valence-electron chi connectivity index (χ4n) is 4.50. The molecule has 0 saturated carbocycles. The lowest BCUT2D eigenvalue weighted by atomic mass is 9.67. The standard InChI is InChI=1S/C26H17Br2/c1-17-7-9-19(10-8-17)26(18-5-3-2-4-6-18)24-15-20(27)11-13-22(24)23-14-12-21(28)16-25(23)26/h3-16H,1H3. The van der Waals surface area contributed by atoms with Gasteiger partial charge in [-0.25, -0.2) is 0 Å². The summed E-state index contributed by atoms with van der Waals surface area (Å²) in [5.41, 5.74) is 8.64. The summed E-state index contributed by atoms with van der Waals surface area (Å²) < 4.78 is 2.19. The molecule has 0 heterocycles. The van der Waals surface area contributed by atoms with Crippen LogP contribution in [0, 0.1) is 13.0 Å². The van der Waals surface area contributed by atoms with Crippen molar-refractivity contribution >= 4 is 31.9 Å². The molecule has 0 unspecified atom stereocenters. The lowest BCUT2D eigenvalue weighted by Gasteiger charge is -2.34. The van der Waals surface area contributed by atoms with Gasteiger partial charge >= 0.3 is 0 Å². The van der Waals surface area contributed by atoms with Crippen LogP contribution in [-0.2, 0) is 5.41 Å². The fourth-order valence-corrected chi connectivity index (χ4v) is 5.22. The van der Waals surface area contributed by atoms with Gasteiger partial charge in [0.05, 0.1) is 5.41 Å². The average molecular weight is 489 g/mol. The maximum atomic E-state index is 3.72. The number of halogens is 2. The zero-order valence-electron chi connectivity index (χ0n) is 15.3. The highest BCUT2D eigenvalue weighted by atomic mass is 79.9. The van der Waals surface area contributed by atoms with E-state index in [9.17, 15) is 0 Å². The van der Waals surface area contributed by atoms with Crippen molar-refractivity contribution in [1.29, 1.82) is 0 Å². The Morgan fingerprint density at radius 2 is 1.14 bits per heavy atom. The van der Waals surface area contributed by atoms with Crippen molar-refractivity contribution in [2.75, 3.05) is 0 Å². The first-order valence-electron chi connectivity index (χ1n) is 9.25. The molecule has 1 aliphatic carbocycles. The maximum Gasteiger partial charge on any atom is 0.0714 e. The van der Waals surface area contributed by atoms with Gasteiger partial charge in [0.15, 0.2) is 0 Å². The second-order valence-corrected chi connectivity index (χ2v) is 9.12. The van der Waals surface area contributed by atoms with Crippen LogP contribution in [0.1, 0.15) is 27.8 Å². The Balaban J connectivity index is 1.98. The summed E-state index contributed by atoms with van der Waals surface area (Å²) in [6.07, 6.45) is 0. The van der Waals surface area contributed by atoms with Crippen LogP contribution < -0.4 is 0 Å². The van der Waals surface area contributed by atoms with E-state index in [0.717, 1.165) is 8.95 Å². The first-order valence-corrected chi connectivity index (χ1v) is 10.8. The van der Waals surface area contributed by atoms with Crippen LogP contribution >= 0.6 is 31.9 Å². The molecule has 0 aliphatic heterocycles. The van der Waals surface area contributed by atoms with Crippen LogP contribution in [-0.4, -0.2) is 0 Å². The van der Waals surface area contributed by atoms with Crippen molar-refractivity contribution < 1.29 is 0 Å².